The topological polar surface area (TPSA) is 134 Å². The average Bonchev–Trinajstić information content (AvgIpc) is 3.26. The van der Waals surface area contributed by atoms with Gasteiger partial charge in [0, 0.05) is 19.4 Å². The standard InChI is InChI=1S/C52H104NO8P/c1-3-5-7-9-11-13-15-17-18-19-20-21-22-23-24-25-26-27-28-29-30-31-33-35-37-39-41-43-45-52(55)61-50(49-60-62(56,57)59-47-46-53)48-58-51(54)44-42-40-38-36-34-32-16-14-12-10-8-6-4-2/h50H,3-49,53H2,1-2H3,(H,56,57). The second-order valence-corrected chi connectivity index (χ2v) is 19.9. The van der Waals surface area contributed by atoms with Crippen LogP contribution in [0.2, 0.25) is 0 Å². The Labute approximate surface area is 384 Å². The smallest absolute Gasteiger partial charge is 0.462 e. The molecule has 0 aliphatic rings. The molecular weight excluding hydrogens is 798 g/mol. The van der Waals surface area contributed by atoms with Crippen LogP contribution in [0.5, 0.6) is 0 Å². The minimum absolute atomic E-state index is 0.0583. The fraction of sp³-hybridized carbons (Fsp3) is 0.962. The number of unbranched alkanes of at least 4 members (excludes halogenated alkanes) is 39. The molecule has 9 nitrogen and oxygen atoms in total. The monoisotopic (exact) mass is 902 g/mol. The number of hydrogen-bond donors (Lipinski definition) is 2. The van der Waals surface area contributed by atoms with Crippen molar-refractivity contribution in [3.8, 4) is 0 Å². The van der Waals surface area contributed by atoms with Crippen LogP contribution in [0.15, 0.2) is 0 Å². The molecule has 370 valence electrons. The second-order valence-electron chi connectivity index (χ2n) is 18.5. The van der Waals surface area contributed by atoms with Crippen LogP contribution < -0.4 is 5.73 Å². The van der Waals surface area contributed by atoms with Gasteiger partial charge in [-0.25, -0.2) is 4.57 Å². The highest BCUT2D eigenvalue weighted by Crippen LogP contribution is 2.43. The summed E-state index contributed by atoms with van der Waals surface area (Å²) in [4.78, 5) is 35.0. The normalized spacial score (nSPS) is 13.0. The Morgan fingerprint density at radius 3 is 0.984 bits per heavy atom. The van der Waals surface area contributed by atoms with E-state index in [2.05, 4.69) is 13.8 Å². The Hall–Kier alpha value is -0.990. The number of nitrogens with two attached hydrogens (primary N) is 1. The first kappa shape index (κ1) is 61.0. The van der Waals surface area contributed by atoms with Gasteiger partial charge >= 0.3 is 19.8 Å². The molecule has 0 heterocycles. The fourth-order valence-corrected chi connectivity index (χ4v) is 8.99. The first-order valence-electron chi connectivity index (χ1n) is 27.0. The summed E-state index contributed by atoms with van der Waals surface area (Å²) in [5.74, 6) is -0.807. The van der Waals surface area contributed by atoms with Crippen molar-refractivity contribution in [2.45, 2.75) is 296 Å². The molecule has 0 bridgehead atoms. The Balaban J connectivity index is 3.86. The first-order chi connectivity index (χ1) is 30.3. The van der Waals surface area contributed by atoms with Gasteiger partial charge in [-0.1, -0.05) is 264 Å². The Morgan fingerprint density at radius 2 is 0.694 bits per heavy atom. The lowest BCUT2D eigenvalue weighted by atomic mass is 10.0. The van der Waals surface area contributed by atoms with Gasteiger partial charge in [0.15, 0.2) is 6.10 Å². The molecular formula is C52H104NO8P. The average molecular weight is 902 g/mol. The van der Waals surface area contributed by atoms with E-state index in [1.807, 2.05) is 0 Å². The summed E-state index contributed by atoms with van der Waals surface area (Å²) >= 11 is 0. The Bertz CT molecular complexity index is 984. The third-order valence-corrected chi connectivity index (χ3v) is 13.2. The molecule has 0 spiro atoms. The molecule has 2 unspecified atom stereocenters. The number of esters is 2. The number of carbonyl (C=O) groups is 2. The molecule has 62 heavy (non-hydrogen) atoms. The van der Waals surface area contributed by atoms with E-state index in [4.69, 9.17) is 24.3 Å². The van der Waals surface area contributed by atoms with Gasteiger partial charge in [-0.15, -0.1) is 0 Å². The minimum Gasteiger partial charge on any atom is -0.462 e. The quantitative estimate of drug-likeness (QED) is 0.0347. The lowest BCUT2D eigenvalue weighted by molar-refractivity contribution is -0.161. The van der Waals surface area contributed by atoms with Crippen molar-refractivity contribution < 1.29 is 37.6 Å². The van der Waals surface area contributed by atoms with Crippen molar-refractivity contribution in [3.63, 3.8) is 0 Å². The highest BCUT2D eigenvalue weighted by molar-refractivity contribution is 7.47. The van der Waals surface area contributed by atoms with Crippen molar-refractivity contribution in [2.75, 3.05) is 26.4 Å². The van der Waals surface area contributed by atoms with Gasteiger partial charge < -0.3 is 20.1 Å². The molecule has 0 fully saturated rings. The second kappa shape index (κ2) is 49.4. The fourth-order valence-electron chi connectivity index (χ4n) is 8.23. The molecule has 0 saturated heterocycles. The van der Waals surface area contributed by atoms with Gasteiger partial charge in [0.05, 0.1) is 13.2 Å². The predicted molar refractivity (Wildman–Crippen MR) is 262 cm³/mol. The maximum Gasteiger partial charge on any atom is 0.472 e. The van der Waals surface area contributed by atoms with Gasteiger partial charge in [-0.05, 0) is 12.8 Å². The zero-order valence-electron chi connectivity index (χ0n) is 41.1. The lowest BCUT2D eigenvalue weighted by Crippen LogP contribution is -2.29. The number of phosphoric acid groups is 1. The van der Waals surface area contributed by atoms with Crippen LogP contribution in [0.4, 0.5) is 0 Å². The van der Waals surface area contributed by atoms with Crippen molar-refractivity contribution in [1.82, 2.24) is 0 Å². The van der Waals surface area contributed by atoms with Gasteiger partial charge in [0.25, 0.3) is 0 Å². The van der Waals surface area contributed by atoms with Gasteiger partial charge in [-0.2, -0.15) is 0 Å². The molecule has 0 aromatic carbocycles. The highest BCUT2D eigenvalue weighted by atomic mass is 31.2. The number of phosphoric ester groups is 1. The largest absolute Gasteiger partial charge is 0.472 e. The van der Waals surface area contributed by atoms with Crippen LogP contribution in [0.25, 0.3) is 0 Å². The zero-order valence-corrected chi connectivity index (χ0v) is 42.0. The van der Waals surface area contributed by atoms with Gasteiger partial charge in [-0.3, -0.25) is 18.6 Å². The minimum atomic E-state index is -4.37. The molecule has 0 amide bonds. The molecule has 2 atom stereocenters. The molecule has 0 aromatic heterocycles. The van der Waals surface area contributed by atoms with E-state index in [1.54, 1.807) is 0 Å². The van der Waals surface area contributed by atoms with Crippen molar-refractivity contribution in [1.29, 1.82) is 0 Å². The van der Waals surface area contributed by atoms with E-state index in [0.717, 1.165) is 32.1 Å². The summed E-state index contributed by atoms with van der Waals surface area (Å²) in [6.07, 6.45) is 53.1. The van der Waals surface area contributed by atoms with E-state index in [9.17, 15) is 19.0 Å². The molecule has 3 N–H and O–H groups in total. The van der Waals surface area contributed by atoms with Crippen LogP contribution in [0.3, 0.4) is 0 Å². The summed E-state index contributed by atoms with van der Waals surface area (Å²) in [6, 6.07) is 0. The van der Waals surface area contributed by atoms with Gasteiger partial charge in [0.2, 0.25) is 0 Å². The molecule has 0 aromatic rings. The third kappa shape index (κ3) is 48.5. The maximum atomic E-state index is 12.7. The lowest BCUT2D eigenvalue weighted by Gasteiger charge is -2.19. The molecule has 0 rings (SSSR count). The van der Waals surface area contributed by atoms with Crippen LogP contribution in [-0.4, -0.2) is 49.3 Å². The summed E-state index contributed by atoms with van der Waals surface area (Å²) < 4.78 is 32.9. The van der Waals surface area contributed by atoms with Crippen LogP contribution in [0, 0.1) is 0 Å². The van der Waals surface area contributed by atoms with Gasteiger partial charge in [0.1, 0.15) is 6.61 Å². The van der Waals surface area contributed by atoms with E-state index in [-0.39, 0.29) is 38.6 Å². The van der Waals surface area contributed by atoms with Crippen molar-refractivity contribution in [3.05, 3.63) is 0 Å². The molecule has 0 saturated carbocycles. The van der Waals surface area contributed by atoms with E-state index in [0.29, 0.717) is 6.42 Å². The summed E-state index contributed by atoms with van der Waals surface area (Å²) in [5.41, 5.74) is 5.37. The molecule has 10 heteroatoms. The number of ether oxygens (including phenoxy) is 2. The Morgan fingerprint density at radius 1 is 0.419 bits per heavy atom. The molecule has 0 aliphatic carbocycles. The third-order valence-electron chi connectivity index (χ3n) is 12.2. The summed E-state index contributed by atoms with van der Waals surface area (Å²) in [6.45, 7) is 3.80. The van der Waals surface area contributed by atoms with Crippen LogP contribution >= 0.6 is 7.82 Å². The molecule has 0 aliphatic heterocycles. The number of carbonyl (C=O) groups excluding carboxylic acids is 2. The van der Waals surface area contributed by atoms with E-state index in [1.165, 1.54) is 225 Å². The van der Waals surface area contributed by atoms with E-state index >= 15 is 0 Å². The SMILES string of the molecule is CCCCCCCCCCCCCCCCCCCCCCCCCCCCCCC(=O)OC(COC(=O)CCCCCCCCCCCCCCC)COP(=O)(O)OCCN. The predicted octanol–water partition coefficient (Wildman–Crippen LogP) is 16.3. The van der Waals surface area contributed by atoms with Crippen LogP contribution in [-0.2, 0) is 32.7 Å². The van der Waals surface area contributed by atoms with Crippen molar-refractivity contribution in [2.24, 2.45) is 5.73 Å². The first-order valence-corrected chi connectivity index (χ1v) is 28.5. The summed E-state index contributed by atoms with van der Waals surface area (Å²) in [7, 11) is -4.37. The number of hydrogen-bond acceptors (Lipinski definition) is 8. The van der Waals surface area contributed by atoms with Crippen molar-refractivity contribution >= 4 is 19.8 Å². The van der Waals surface area contributed by atoms with E-state index < -0.39 is 26.5 Å². The van der Waals surface area contributed by atoms with Crippen LogP contribution in [0.1, 0.15) is 290 Å². The Kier molecular flexibility index (Phi) is 48.7. The summed E-state index contributed by atoms with van der Waals surface area (Å²) in [5, 5.41) is 0. The highest BCUT2D eigenvalue weighted by Gasteiger charge is 2.26. The zero-order chi connectivity index (χ0) is 45.3. The molecule has 0 radical (unpaired) electrons. The number of rotatable bonds is 52. The maximum absolute atomic E-state index is 12.7.